The lowest BCUT2D eigenvalue weighted by molar-refractivity contribution is 0.0997. The summed E-state index contributed by atoms with van der Waals surface area (Å²) in [5.74, 6) is 0.939. The third-order valence-corrected chi connectivity index (χ3v) is 4.70. The van der Waals surface area contributed by atoms with Crippen LogP contribution in [0.5, 0.6) is 0 Å². The van der Waals surface area contributed by atoms with Gasteiger partial charge in [0.15, 0.2) is 5.65 Å². The third kappa shape index (κ3) is 3.03. The van der Waals surface area contributed by atoms with Crippen LogP contribution < -0.4 is 4.90 Å². The van der Waals surface area contributed by atoms with E-state index in [0.29, 0.717) is 0 Å². The van der Waals surface area contributed by atoms with Crippen LogP contribution in [-0.4, -0.2) is 58.3 Å². The molecule has 2 aliphatic rings. The van der Waals surface area contributed by atoms with Crippen LogP contribution in [0.2, 0.25) is 0 Å². The molecule has 124 valence electrons. The van der Waals surface area contributed by atoms with Gasteiger partial charge >= 0.3 is 0 Å². The molecular weight excluding hydrogens is 294 g/mol. The highest BCUT2D eigenvalue weighted by atomic mass is 16.5. The number of aryl methyl sites for hydroxylation is 1. The molecule has 0 aromatic carbocycles. The van der Waals surface area contributed by atoms with Crippen molar-refractivity contribution in [3.8, 4) is 0 Å². The molecule has 2 aromatic rings. The Balaban J connectivity index is 1.63. The first-order valence-electron chi connectivity index (χ1n) is 8.42. The van der Waals surface area contributed by atoms with E-state index < -0.39 is 0 Å². The number of anilines is 1. The van der Waals surface area contributed by atoms with Crippen LogP contribution in [0.1, 0.15) is 25.7 Å². The molecule has 0 aliphatic carbocycles. The molecule has 0 saturated carbocycles. The number of hydrogen-bond acceptors (Lipinski definition) is 6. The molecular formula is C16H23N5O2. The number of hydrogen-bond donors (Lipinski definition) is 0. The first-order valence-corrected chi connectivity index (χ1v) is 8.42. The zero-order chi connectivity index (χ0) is 15.6. The van der Waals surface area contributed by atoms with Crippen LogP contribution in [0.15, 0.2) is 12.5 Å². The van der Waals surface area contributed by atoms with Crippen LogP contribution in [-0.2, 0) is 16.5 Å². The molecule has 0 N–H and O–H groups in total. The van der Waals surface area contributed by atoms with Crippen LogP contribution in [0.4, 0.5) is 5.82 Å². The predicted molar refractivity (Wildman–Crippen MR) is 86.5 cm³/mol. The van der Waals surface area contributed by atoms with E-state index in [4.69, 9.17) is 9.47 Å². The highest BCUT2D eigenvalue weighted by Crippen LogP contribution is 2.26. The summed E-state index contributed by atoms with van der Waals surface area (Å²) < 4.78 is 13.5. The first-order chi connectivity index (χ1) is 11.3. The lowest BCUT2D eigenvalue weighted by Gasteiger charge is -2.29. The fraction of sp³-hybridized carbons (Fsp3) is 0.688. The number of aromatic nitrogens is 4. The second-order valence-electron chi connectivity index (χ2n) is 6.38. The van der Waals surface area contributed by atoms with E-state index >= 15 is 0 Å². The number of rotatable bonds is 5. The van der Waals surface area contributed by atoms with Gasteiger partial charge in [-0.3, -0.25) is 4.68 Å². The summed E-state index contributed by atoms with van der Waals surface area (Å²) in [5.41, 5.74) is 0.861. The molecule has 0 amide bonds. The second-order valence-corrected chi connectivity index (χ2v) is 6.38. The number of nitrogens with zero attached hydrogens (tertiary/aromatic N) is 5. The topological polar surface area (TPSA) is 65.3 Å². The average molecular weight is 317 g/mol. The van der Waals surface area contributed by atoms with Gasteiger partial charge < -0.3 is 14.4 Å². The van der Waals surface area contributed by atoms with Gasteiger partial charge in [0.2, 0.25) is 0 Å². The van der Waals surface area contributed by atoms with Crippen LogP contribution >= 0.6 is 0 Å². The Morgan fingerprint density at radius 1 is 1.13 bits per heavy atom. The van der Waals surface area contributed by atoms with Gasteiger partial charge in [-0.2, -0.15) is 5.10 Å². The van der Waals surface area contributed by atoms with Crippen molar-refractivity contribution in [2.45, 2.75) is 37.9 Å². The van der Waals surface area contributed by atoms with E-state index in [1.54, 1.807) is 11.0 Å². The molecule has 2 aliphatic heterocycles. The minimum absolute atomic E-state index is 0.276. The molecule has 0 unspecified atom stereocenters. The summed E-state index contributed by atoms with van der Waals surface area (Å²) in [4.78, 5) is 11.2. The van der Waals surface area contributed by atoms with E-state index in [-0.39, 0.29) is 12.2 Å². The average Bonchev–Trinajstić information content (AvgIpc) is 3.30. The molecule has 2 fully saturated rings. The van der Waals surface area contributed by atoms with Crippen molar-refractivity contribution in [2.24, 2.45) is 7.05 Å². The molecule has 7 heteroatoms. The molecule has 2 saturated heterocycles. The summed E-state index contributed by atoms with van der Waals surface area (Å²) in [6, 6.07) is 0. The Kier molecular flexibility index (Phi) is 4.13. The SMILES string of the molecule is Cn1ncc2c(N(C[C@@H]3CCCO3)C[C@@H]3CCCO3)ncnc21. The van der Waals surface area contributed by atoms with Gasteiger partial charge in [-0.25, -0.2) is 9.97 Å². The molecule has 7 nitrogen and oxygen atoms in total. The largest absolute Gasteiger partial charge is 0.376 e. The Morgan fingerprint density at radius 2 is 1.83 bits per heavy atom. The van der Waals surface area contributed by atoms with E-state index in [9.17, 15) is 0 Å². The minimum atomic E-state index is 0.276. The monoisotopic (exact) mass is 317 g/mol. The number of fused-ring (bicyclic) bond motifs is 1. The molecule has 2 aromatic heterocycles. The van der Waals surface area contributed by atoms with Crippen molar-refractivity contribution < 1.29 is 9.47 Å². The summed E-state index contributed by atoms with van der Waals surface area (Å²) in [7, 11) is 1.91. The Hall–Kier alpha value is -1.73. The summed E-state index contributed by atoms with van der Waals surface area (Å²) in [6.07, 6.45) is 8.54. The standard InChI is InChI=1S/C16H23N5O2/c1-20-15-14(8-19-20)16(18-11-17-15)21(9-12-4-2-6-22-12)10-13-5-3-7-23-13/h8,11-13H,2-7,9-10H2,1H3/t12-,13-/m0/s1. The highest BCUT2D eigenvalue weighted by Gasteiger charge is 2.26. The molecule has 0 spiro atoms. The van der Waals surface area contributed by atoms with Crippen LogP contribution in [0, 0.1) is 0 Å². The van der Waals surface area contributed by atoms with Gasteiger partial charge in [0.05, 0.1) is 23.8 Å². The molecule has 23 heavy (non-hydrogen) atoms. The lowest BCUT2D eigenvalue weighted by atomic mass is 10.2. The molecule has 0 radical (unpaired) electrons. The van der Waals surface area contributed by atoms with Gasteiger partial charge in [-0.1, -0.05) is 0 Å². The van der Waals surface area contributed by atoms with Gasteiger partial charge in [-0.15, -0.1) is 0 Å². The van der Waals surface area contributed by atoms with Gasteiger partial charge in [0.25, 0.3) is 0 Å². The van der Waals surface area contributed by atoms with Gasteiger partial charge in [0, 0.05) is 33.4 Å². The Labute approximate surface area is 135 Å². The fourth-order valence-electron chi connectivity index (χ4n) is 3.52. The summed E-state index contributed by atoms with van der Waals surface area (Å²) in [5, 5.41) is 5.32. The van der Waals surface area contributed by atoms with Crippen LogP contribution in [0.25, 0.3) is 11.0 Å². The third-order valence-electron chi connectivity index (χ3n) is 4.70. The second kappa shape index (κ2) is 6.41. The summed E-state index contributed by atoms with van der Waals surface area (Å²) >= 11 is 0. The van der Waals surface area contributed by atoms with Crippen molar-refractivity contribution in [2.75, 3.05) is 31.2 Å². The van der Waals surface area contributed by atoms with Crippen molar-refractivity contribution >= 4 is 16.9 Å². The van der Waals surface area contributed by atoms with Crippen LogP contribution in [0.3, 0.4) is 0 Å². The van der Waals surface area contributed by atoms with Crippen molar-refractivity contribution in [3.63, 3.8) is 0 Å². The normalized spacial score (nSPS) is 24.6. The number of ether oxygens (including phenoxy) is 2. The van der Waals surface area contributed by atoms with Gasteiger partial charge in [-0.05, 0) is 25.7 Å². The fourth-order valence-corrected chi connectivity index (χ4v) is 3.52. The van der Waals surface area contributed by atoms with Gasteiger partial charge in [0.1, 0.15) is 12.1 Å². The maximum absolute atomic E-state index is 5.84. The Morgan fingerprint density at radius 3 is 2.43 bits per heavy atom. The van der Waals surface area contributed by atoms with Crippen molar-refractivity contribution in [1.82, 2.24) is 19.7 Å². The highest BCUT2D eigenvalue weighted by molar-refractivity contribution is 5.86. The first kappa shape index (κ1) is 14.8. The molecule has 4 rings (SSSR count). The van der Waals surface area contributed by atoms with E-state index in [1.165, 1.54) is 0 Å². The predicted octanol–water partition coefficient (Wildman–Crippen LogP) is 1.53. The van der Waals surface area contributed by atoms with E-state index in [1.807, 2.05) is 13.2 Å². The molecule has 4 heterocycles. The molecule has 0 bridgehead atoms. The van der Waals surface area contributed by atoms with Crippen molar-refractivity contribution in [3.05, 3.63) is 12.5 Å². The smallest absolute Gasteiger partial charge is 0.163 e. The lowest BCUT2D eigenvalue weighted by Crippen LogP contribution is -2.38. The zero-order valence-corrected chi connectivity index (χ0v) is 13.5. The maximum atomic E-state index is 5.84. The molecule has 2 atom stereocenters. The van der Waals surface area contributed by atoms with E-state index in [0.717, 1.165) is 68.8 Å². The zero-order valence-electron chi connectivity index (χ0n) is 13.5. The summed E-state index contributed by atoms with van der Waals surface area (Å²) in [6.45, 7) is 3.43. The van der Waals surface area contributed by atoms with Crippen molar-refractivity contribution in [1.29, 1.82) is 0 Å². The minimum Gasteiger partial charge on any atom is -0.376 e. The van der Waals surface area contributed by atoms with E-state index in [2.05, 4.69) is 20.0 Å². The quantitative estimate of drug-likeness (QED) is 0.833. The maximum Gasteiger partial charge on any atom is 0.163 e. The Bertz CT molecular complexity index is 644.